The molecule has 3 aliphatic heterocycles. The van der Waals surface area contributed by atoms with Gasteiger partial charge in [0.2, 0.25) is 0 Å². The molecule has 0 saturated carbocycles. The smallest absolute Gasteiger partial charge is 0.0734 e. The number of ether oxygens (including phenoxy) is 1. The van der Waals surface area contributed by atoms with Crippen LogP contribution in [0.3, 0.4) is 0 Å². The highest BCUT2D eigenvalue weighted by Crippen LogP contribution is 2.40. The van der Waals surface area contributed by atoms with Crippen molar-refractivity contribution in [3.05, 3.63) is 65.4 Å². The van der Waals surface area contributed by atoms with Crippen molar-refractivity contribution < 1.29 is 4.74 Å². The first kappa shape index (κ1) is 19.4. The van der Waals surface area contributed by atoms with Crippen molar-refractivity contribution in [2.75, 3.05) is 31.2 Å². The van der Waals surface area contributed by atoms with Gasteiger partial charge in [-0.1, -0.05) is 50.1 Å². The van der Waals surface area contributed by atoms with Crippen LogP contribution in [0, 0.1) is 5.41 Å². The van der Waals surface area contributed by atoms with Gasteiger partial charge in [0.1, 0.15) is 0 Å². The molecule has 2 fully saturated rings. The van der Waals surface area contributed by atoms with E-state index in [9.17, 15) is 0 Å². The Morgan fingerprint density at radius 1 is 1.10 bits per heavy atom. The van der Waals surface area contributed by atoms with Gasteiger partial charge in [0, 0.05) is 46.8 Å². The number of para-hydroxylation sites is 1. The maximum absolute atomic E-state index is 5.50. The summed E-state index contributed by atoms with van der Waals surface area (Å²) in [7, 11) is 0. The summed E-state index contributed by atoms with van der Waals surface area (Å²) in [5.41, 5.74) is 7.26. The number of aromatic amines is 1. The molecule has 2 aromatic carbocycles. The van der Waals surface area contributed by atoms with Gasteiger partial charge >= 0.3 is 0 Å². The molecule has 162 valence electrons. The SMILES string of the molecule is CCCC[C@H]1Cc2c([nH]c3ccccc23)[C@H](c2ccc(N3CCC4(COC4)C3)cc2)N1. The Bertz CT molecular complexity index is 1070. The van der Waals surface area contributed by atoms with Gasteiger partial charge in [-0.3, -0.25) is 0 Å². The maximum Gasteiger partial charge on any atom is 0.0734 e. The molecule has 0 bridgehead atoms. The number of benzene rings is 2. The highest BCUT2D eigenvalue weighted by molar-refractivity contribution is 5.85. The zero-order valence-electron chi connectivity index (χ0n) is 18.5. The molecule has 2 N–H and O–H groups in total. The summed E-state index contributed by atoms with van der Waals surface area (Å²) in [6.45, 7) is 6.45. The summed E-state index contributed by atoms with van der Waals surface area (Å²) < 4.78 is 5.50. The van der Waals surface area contributed by atoms with E-state index in [0.29, 0.717) is 11.5 Å². The molecule has 31 heavy (non-hydrogen) atoms. The number of anilines is 1. The van der Waals surface area contributed by atoms with Crippen LogP contribution < -0.4 is 10.2 Å². The van der Waals surface area contributed by atoms with Gasteiger partial charge in [-0.15, -0.1) is 0 Å². The number of aromatic nitrogens is 1. The molecule has 6 rings (SSSR count). The second-order valence-electron chi connectivity index (χ2n) is 9.96. The van der Waals surface area contributed by atoms with Gasteiger partial charge in [0.25, 0.3) is 0 Å². The number of nitrogens with zero attached hydrogens (tertiary/aromatic N) is 1. The van der Waals surface area contributed by atoms with E-state index >= 15 is 0 Å². The van der Waals surface area contributed by atoms with Crippen LogP contribution in [0.15, 0.2) is 48.5 Å². The summed E-state index contributed by atoms with van der Waals surface area (Å²) in [6, 6.07) is 18.9. The molecule has 4 heterocycles. The molecule has 4 heteroatoms. The first-order valence-electron chi connectivity index (χ1n) is 12.0. The number of fused-ring (bicyclic) bond motifs is 3. The number of H-pyrrole nitrogens is 1. The molecular formula is C27H33N3O. The molecule has 2 atom stereocenters. The van der Waals surface area contributed by atoms with Gasteiger partial charge < -0.3 is 19.9 Å². The van der Waals surface area contributed by atoms with Gasteiger partial charge in [0.15, 0.2) is 0 Å². The molecule has 0 amide bonds. The molecule has 0 unspecified atom stereocenters. The van der Waals surface area contributed by atoms with Crippen molar-refractivity contribution in [3.8, 4) is 0 Å². The third kappa shape index (κ3) is 3.37. The normalized spacial score (nSPS) is 24.5. The highest BCUT2D eigenvalue weighted by atomic mass is 16.5. The fourth-order valence-electron chi connectivity index (χ4n) is 5.87. The molecule has 1 aromatic heterocycles. The largest absolute Gasteiger partial charge is 0.380 e. The Balaban J connectivity index is 1.30. The number of nitrogens with one attached hydrogen (secondary N) is 2. The summed E-state index contributed by atoms with van der Waals surface area (Å²) in [6.07, 6.45) is 6.15. The first-order valence-corrected chi connectivity index (χ1v) is 12.0. The van der Waals surface area contributed by atoms with Crippen LogP contribution in [-0.2, 0) is 11.2 Å². The minimum Gasteiger partial charge on any atom is -0.380 e. The van der Waals surface area contributed by atoms with Crippen LogP contribution in [-0.4, -0.2) is 37.3 Å². The fraction of sp³-hybridized carbons (Fsp3) is 0.481. The van der Waals surface area contributed by atoms with E-state index in [-0.39, 0.29) is 6.04 Å². The number of unbranched alkanes of at least 4 members (excludes halogenated alkanes) is 1. The van der Waals surface area contributed by atoms with Crippen LogP contribution in [0.2, 0.25) is 0 Å². The van der Waals surface area contributed by atoms with Crippen molar-refractivity contribution in [1.29, 1.82) is 0 Å². The maximum atomic E-state index is 5.50. The second kappa shape index (κ2) is 7.68. The average Bonchev–Trinajstić information content (AvgIpc) is 3.40. The van der Waals surface area contributed by atoms with E-state index in [1.165, 1.54) is 59.1 Å². The predicted octanol–water partition coefficient (Wildman–Crippen LogP) is 5.19. The van der Waals surface area contributed by atoms with Crippen LogP contribution in [0.4, 0.5) is 5.69 Å². The molecule has 3 aromatic rings. The van der Waals surface area contributed by atoms with E-state index in [1.807, 2.05) is 0 Å². The van der Waals surface area contributed by atoms with Gasteiger partial charge in [-0.25, -0.2) is 0 Å². The minimum absolute atomic E-state index is 0.233. The molecule has 3 aliphatic rings. The van der Waals surface area contributed by atoms with Crippen LogP contribution >= 0.6 is 0 Å². The van der Waals surface area contributed by atoms with E-state index in [0.717, 1.165) is 32.7 Å². The van der Waals surface area contributed by atoms with E-state index in [2.05, 4.69) is 70.7 Å². The third-order valence-electron chi connectivity index (χ3n) is 7.74. The number of hydrogen-bond acceptors (Lipinski definition) is 3. The zero-order valence-corrected chi connectivity index (χ0v) is 18.5. The Kier molecular flexibility index (Phi) is 4.81. The van der Waals surface area contributed by atoms with E-state index < -0.39 is 0 Å². The summed E-state index contributed by atoms with van der Waals surface area (Å²) in [5, 5.41) is 5.38. The lowest BCUT2D eigenvalue weighted by molar-refractivity contribution is -0.0985. The average molecular weight is 416 g/mol. The monoisotopic (exact) mass is 415 g/mol. The second-order valence-corrected chi connectivity index (χ2v) is 9.96. The van der Waals surface area contributed by atoms with Gasteiger partial charge in [-0.2, -0.15) is 0 Å². The Morgan fingerprint density at radius 2 is 1.94 bits per heavy atom. The fourth-order valence-corrected chi connectivity index (χ4v) is 5.87. The lowest BCUT2D eigenvalue weighted by Gasteiger charge is -2.38. The van der Waals surface area contributed by atoms with Crippen LogP contribution in [0.5, 0.6) is 0 Å². The van der Waals surface area contributed by atoms with Crippen LogP contribution in [0.1, 0.15) is 55.5 Å². The third-order valence-corrected chi connectivity index (χ3v) is 7.74. The summed E-state index contributed by atoms with van der Waals surface area (Å²) in [4.78, 5) is 6.29. The van der Waals surface area contributed by atoms with Crippen molar-refractivity contribution >= 4 is 16.6 Å². The summed E-state index contributed by atoms with van der Waals surface area (Å²) in [5.74, 6) is 0. The number of rotatable bonds is 5. The minimum atomic E-state index is 0.233. The predicted molar refractivity (Wildman–Crippen MR) is 127 cm³/mol. The molecule has 0 radical (unpaired) electrons. The summed E-state index contributed by atoms with van der Waals surface area (Å²) >= 11 is 0. The zero-order chi connectivity index (χ0) is 20.8. The van der Waals surface area contributed by atoms with E-state index in [4.69, 9.17) is 4.74 Å². The molecule has 0 aliphatic carbocycles. The Hall–Kier alpha value is -2.30. The standard InChI is InChI=1S/C27H33N3O/c1-2-3-6-20-15-23-22-7-4-5-8-24(22)29-26(23)25(28-20)19-9-11-21(12-10-19)30-14-13-27(16-30)17-31-18-27/h4-5,7-12,20,25,28-29H,2-3,6,13-18H2,1H3/t20-,25-/m0/s1. The Morgan fingerprint density at radius 3 is 2.68 bits per heavy atom. The van der Waals surface area contributed by atoms with Gasteiger partial charge in [-0.05, 0) is 48.6 Å². The van der Waals surface area contributed by atoms with Crippen molar-refractivity contribution in [2.45, 2.75) is 51.1 Å². The Labute approximate surface area is 185 Å². The molecule has 1 spiro atoms. The number of hydrogen-bond donors (Lipinski definition) is 2. The molecular weight excluding hydrogens is 382 g/mol. The van der Waals surface area contributed by atoms with E-state index in [1.54, 1.807) is 0 Å². The van der Waals surface area contributed by atoms with Crippen molar-refractivity contribution in [2.24, 2.45) is 5.41 Å². The highest BCUT2D eigenvalue weighted by Gasteiger charge is 2.44. The van der Waals surface area contributed by atoms with Crippen LogP contribution in [0.25, 0.3) is 10.9 Å². The molecule has 4 nitrogen and oxygen atoms in total. The first-order chi connectivity index (χ1) is 15.2. The molecule has 2 saturated heterocycles. The van der Waals surface area contributed by atoms with Gasteiger partial charge in [0.05, 0.1) is 19.3 Å². The lowest BCUT2D eigenvalue weighted by Crippen LogP contribution is -2.44. The quantitative estimate of drug-likeness (QED) is 0.603. The van der Waals surface area contributed by atoms with Crippen molar-refractivity contribution in [3.63, 3.8) is 0 Å². The lowest BCUT2D eigenvalue weighted by atomic mass is 9.85. The topological polar surface area (TPSA) is 40.3 Å². The van der Waals surface area contributed by atoms with Crippen molar-refractivity contribution in [1.82, 2.24) is 10.3 Å².